The van der Waals surface area contributed by atoms with Crippen LogP contribution in [0.5, 0.6) is 0 Å². The number of carboxylic acids is 1. The molecule has 2 aliphatic rings. The van der Waals surface area contributed by atoms with Crippen LogP contribution >= 0.6 is 11.8 Å². The minimum atomic E-state index is -1.21. The molecule has 6 heteroatoms. The third kappa shape index (κ3) is 4.01. The number of aliphatic imine (C=N–C) groups is 1. The van der Waals surface area contributed by atoms with E-state index in [1.54, 1.807) is 18.2 Å². The Hall–Kier alpha value is -2.08. The zero-order valence-corrected chi connectivity index (χ0v) is 13.4. The molecule has 2 fully saturated rings. The Kier molecular flexibility index (Phi) is 4.81. The summed E-state index contributed by atoms with van der Waals surface area (Å²) in [6.45, 7) is 0. The molecule has 5 nitrogen and oxygen atoms in total. The van der Waals surface area contributed by atoms with Gasteiger partial charge < -0.3 is 15.2 Å². The Balaban J connectivity index is 1.71. The monoisotopic (exact) mass is 329 g/mol. The lowest BCUT2D eigenvalue weighted by Crippen LogP contribution is -2.22. The molecule has 1 amide bonds. The summed E-state index contributed by atoms with van der Waals surface area (Å²) < 4.78 is 0. The number of hydrogen-bond acceptors (Lipinski definition) is 5. The van der Waals surface area contributed by atoms with Gasteiger partial charge in [-0.25, -0.2) is 0 Å². The number of nitrogens with zero attached hydrogens (tertiary/aromatic N) is 1. The van der Waals surface area contributed by atoms with Gasteiger partial charge in [-0.3, -0.25) is 9.79 Å². The molecule has 1 heterocycles. The van der Waals surface area contributed by atoms with Crippen LogP contribution in [0.1, 0.15) is 48.0 Å². The molecule has 120 valence electrons. The van der Waals surface area contributed by atoms with Crippen molar-refractivity contribution >= 4 is 34.9 Å². The van der Waals surface area contributed by atoms with Gasteiger partial charge in [-0.1, -0.05) is 43.5 Å². The van der Waals surface area contributed by atoms with Crippen LogP contribution in [-0.4, -0.2) is 23.1 Å². The lowest BCUT2D eigenvalue weighted by molar-refractivity contribution is -0.255. The number of amides is 1. The number of thioether (sulfide) groups is 1. The number of carbonyl (C=O) groups excluding carboxylic acids is 2. The van der Waals surface area contributed by atoms with E-state index in [2.05, 4.69) is 10.3 Å². The van der Waals surface area contributed by atoms with Crippen molar-refractivity contribution in [2.24, 2.45) is 4.99 Å². The summed E-state index contributed by atoms with van der Waals surface area (Å²) in [6.07, 6.45) is 7.59. The first-order chi connectivity index (χ1) is 11.1. The fraction of sp³-hybridized carbons (Fsp3) is 0.353. The molecule has 0 radical (unpaired) electrons. The largest absolute Gasteiger partial charge is 0.545 e. The van der Waals surface area contributed by atoms with Gasteiger partial charge in [-0.2, -0.15) is 0 Å². The molecule has 3 rings (SSSR count). The maximum Gasteiger partial charge on any atom is 0.264 e. The minimum Gasteiger partial charge on any atom is -0.545 e. The Morgan fingerprint density at radius 1 is 1.22 bits per heavy atom. The van der Waals surface area contributed by atoms with Crippen molar-refractivity contribution < 1.29 is 14.7 Å². The molecule has 23 heavy (non-hydrogen) atoms. The second-order valence-corrected chi connectivity index (χ2v) is 6.73. The molecule has 0 atom stereocenters. The van der Waals surface area contributed by atoms with Crippen LogP contribution in [0.4, 0.5) is 0 Å². The average Bonchev–Trinajstić information content (AvgIpc) is 2.88. The van der Waals surface area contributed by atoms with Crippen LogP contribution in [-0.2, 0) is 4.79 Å². The molecule has 1 aromatic rings. The van der Waals surface area contributed by atoms with Crippen molar-refractivity contribution in [1.29, 1.82) is 0 Å². The van der Waals surface area contributed by atoms with Crippen molar-refractivity contribution in [1.82, 2.24) is 5.32 Å². The molecule has 0 spiro atoms. The lowest BCUT2D eigenvalue weighted by Gasteiger charge is -2.17. The van der Waals surface area contributed by atoms with Crippen molar-refractivity contribution in [3.8, 4) is 0 Å². The van der Waals surface area contributed by atoms with E-state index in [4.69, 9.17) is 0 Å². The molecular weight excluding hydrogens is 312 g/mol. The fourth-order valence-corrected chi connectivity index (χ4v) is 3.62. The predicted molar refractivity (Wildman–Crippen MR) is 88.8 cm³/mol. The Labute approximate surface area is 138 Å². The molecule has 1 aliphatic heterocycles. The number of hydrogen-bond donors (Lipinski definition) is 1. The normalized spacial score (nSPS) is 22.5. The van der Waals surface area contributed by atoms with E-state index < -0.39 is 5.97 Å². The second-order valence-electron chi connectivity index (χ2n) is 5.70. The summed E-state index contributed by atoms with van der Waals surface area (Å²) in [4.78, 5) is 28.0. The van der Waals surface area contributed by atoms with Crippen molar-refractivity contribution in [3.05, 3.63) is 40.3 Å². The summed E-state index contributed by atoms with van der Waals surface area (Å²) in [5, 5.41) is 14.2. The average molecular weight is 329 g/mol. The maximum absolute atomic E-state index is 12.0. The van der Waals surface area contributed by atoms with Gasteiger partial charge >= 0.3 is 0 Å². The molecule has 1 aromatic carbocycles. The Bertz CT molecular complexity index is 674. The van der Waals surface area contributed by atoms with Gasteiger partial charge in [-0.05, 0) is 41.8 Å². The number of carbonyl (C=O) groups is 2. The second kappa shape index (κ2) is 7.00. The SMILES string of the molecule is O=C1NC(=NC2CCCCC2)S/C1=C\c1ccc(C(=O)[O-])cc1. The van der Waals surface area contributed by atoms with Gasteiger partial charge in [0.25, 0.3) is 5.91 Å². The van der Waals surface area contributed by atoms with E-state index in [0.717, 1.165) is 18.4 Å². The summed E-state index contributed by atoms with van der Waals surface area (Å²) in [7, 11) is 0. The topological polar surface area (TPSA) is 81.6 Å². The van der Waals surface area contributed by atoms with Crippen LogP contribution in [0.3, 0.4) is 0 Å². The Morgan fingerprint density at radius 3 is 2.57 bits per heavy atom. The smallest absolute Gasteiger partial charge is 0.264 e. The van der Waals surface area contributed by atoms with Gasteiger partial charge in [0.05, 0.1) is 16.9 Å². The first kappa shape index (κ1) is 15.8. The highest BCUT2D eigenvalue weighted by Gasteiger charge is 2.25. The number of rotatable bonds is 3. The highest BCUT2D eigenvalue weighted by atomic mass is 32.2. The summed E-state index contributed by atoms with van der Waals surface area (Å²) in [6, 6.07) is 6.56. The summed E-state index contributed by atoms with van der Waals surface area (Å²) in [5.41, 5.74) is 0.891. The zero-order valence-electron chi connectivity index (χ0n) is 12.6. The van der Waals surface area contributed by atoms with E-state index in [-0.39, 0.29) is 11.5 Å². The number of benzene rings is 1. The van der Waals surface area contributed by atoms with Gasteiger partial charge in [0.2, 0.25) is 0 Å². The third-order valence-electron chi connectivity index (χ3n) is 3.97. The number of nitrogens with one attached hydrogen (secondary N) is 1. The summed E-state index contributed by atoms with van der Waals surface area (Å²) >= 11 is 1.34. The van der Waals surface area contributed by atoms with Crippen LogP contribution in [0.15, 0.2) is 34.2 Å². The molecule has 0 unspecified atom stereocenters. The van der Waals surface area contributed by atoms with Crippen molar-refractivity contribution in [2.45, 2.75) is 38.1 Å². The van der Waals surface area contributed by atoms with E-state index in [1.807, 2.05) is 0 Å². The van der Waals surface area contributed by atoms with E-state index in [0.29, 0.717) is 16.1 Å². The van der Waals surface area contributed by atoms with Gasteiger partial charge in [0.1, 0.15) is 0 Å². The minimum absolute atomic E-state index is 0.121. The van der Waals surface area contributed by atoms with Crippen molar-refractivity contribution in [2.75, 3.05) is 0 Å². The van der Waals surface area contributed by atoms with Crippen LogP contribution in [0, 0.1) is 0 Å². The molecule has 1 saturated heterocycles. The van der Waals surface area contributed by atoms with Crippen LogP contribution < -0.4 is 10.4 Å². The molecule has 0 aromatic heterocycles. The maximum atomic E-state index is 12.0. The first-order valence-corrected chi connectivity index (χ1v) is 8.53. The quantitative estimate of drug-likeness (QED) is 0.859. The van der Waals surface area contributed by atoms with Crippen LogP contribution in [0.2, 0.25) is 0 Å². The van der Waals surface area contributed by atoms with Gasteiger partial charge in [0, 0.05) is 0 Å². The van der Waals surface area contributed by atoms with E-state index in [9.17, 15) is 14.7 Å². The van der Waals surface area contributed by atoms with Crippen LogP contribution in [0.25, 0.3) is 6.08 Å². The van der Waals surface area contributed by atoms with E-state index >= 15 is 0 Å². The van der Waals surface area contributed by atoms with Gasteiger partial charge in [-0.15, -0.1) is 0 Å². The molecule has 0 bridgehead atoms. The molecule has 1 N–H and O–H groups in total. The fourth-order valence-electron chi connectivity index (χ4n) is 2.73. The predicted octanol–water partition coefficient (Wildman–Crippen LogP) is 1.94. The molecular formula is C17H17N2O3S-. The highest BCUT2D eigenvalue weighted by Crippen LogP contribution is 2.28. The van der Waals surface area contributed by atoms with Gasteiger partial charge in [0.15, 0.2) is 5.17 Å². The lowest BCUT2D eigenvalue weighted by atomic mass is 9.96. The summed E-state index contributed by atoms with van der Waals surface area (Å²) in [5.74, 6) is -1.37. The zero-order chi connectivity index (χ0) is 16.2. The third-order valence-corrected chi connectivity index (χ3v) is 4.89. The number of carboxylic acid groups (broad SMARTS) is 1. The Morgan fingerprint density at radius 2 is 1.91 bits per heavy atom. The highest BCUT2D eigenvalue weighted by molar-refractivity contribution is 8.18. The first-order valence-electron chi connectivity index (χ1n) is 7.72. The number of amidine groups is 1. The van der Waals surface area contributed by atoms with Crippen molar-refractivity contribution in [3.63, 3.8) is 0 Å². The standard InChI is InChI=1S/C17H18N2O3S/c20-15-14(10-11-6-8-12(9-7-11)16(21)22)23-17(19-15)18-13-4-2-1-3-5-13/h6-10,13H,1-5H2,(H,21,22)(H,18,19,20)/p-1/b14-10-. The number of aromatic carboxylic acids is 1. The molecule has 1 saturated carbocycles. The molecule has 1 aliphatic carbocycles. The van der Waals surface area contributed by atoms with E-state index in [1.165, 1.54) is 43.2 Å².